The fraction of sp³-hybridized carbons (Fsp3) is 0.133. The summed E-state index contributed by atoms with van der Waals surface area (Å²) in [6, 6.07) is 13.3. The predicted molar refractivity (Wildman–Crippen MR) is 67.1 cm³/mol. The van der Waals surface area contributed by atoms with Crippen molar-refractivity contribution in [1.82, 2.24) is 0 Å². The van der Waals surface area contributed by atoms with Gasteiger partial charge in [0.2, 0.25) is 0 Å². The Morgan fingerprint density at radius 1 is 1.11 bits per heavy atom. The maximum atomic E-state index is 11.7. The number of fused-ring (bicyclic) bond motifs is 2. The molecule has 2 aromatic carbocycles. The second-order valence-corrected chi connectivity index (χ2v) is 4.16. The van der Waals surface area contributed by atoms with Crippen LogP contribution >= 0.6 is 0 Å². The molecule has 1 aliphatic rings. The second-order valence-electron chi connectivity index (χ2n) is 4.16. The van der Waals surface area contributed by atoms with Crippen LogP contribution in [0.25, 0.3) is 0 Å². The first-order valence-corrected chi connectivity index (χ1v) is 5.75. The normalized spacial score (nSPS) is 11.4. The molecule has 4 heteroatoms. The van der Waals surface area contributed by atoms with Gasteiger partial charge in [0, 0.05) is 28.5 Å². The fourth-order valence-corrected chi connectivity index (χ4v) is 2.20. The fourth-order valence-electron chi connectivity index (χ4n) is 2.20. The van der Waals surface area contributed by atoms with Crippen molar-refractivity contribution >= 4 is 5.97 Å². The number of ether oxygens (including phenoxy) is 2. The molecule has 0 radical (unpaired) electrons. The minimum absolute atomic E-state index is 0. The van der Waals surface area contributed by atoms with Gasteiger partial charge in [-0.3, -0.25) is 0 Å². The van der Waals surface area contributed by atoms with Gasteiger partial charge in [-0.15, -0.1) is 0 Å². The topological polar surface area (TPSA) is 35.5 Å². The molecule has 19 heavy (non-hydrogen) atoms. The van der Waals surface area contributed by atoms with Gasteiger partial charge in [-0.25, -0.2) is 4.79 Å². The summed E-state index contributed by atoms with van der Waals surface area (Å²) >= 11 is 0. The molecule has 0 saturated heterocycles. The third-order valence-corrected chi connectivity index (χ3v) is 3.10. The number of carbonyl (C=O) groups is 1. The predicted octanol–water partition coefficient (Wildman–Crippen LogP) is 3.17. The Labute approximate surface area is 121 Å². The smallest absolute Gasteiger partial charge is 0.338 e. The Morgan fingerprint density at radius 2 is 1.84 bits per heavy atom. The summed E-state index contributed by atoms with van der Waals surface area (Å²) in [4.78, 5) is 11.7. The number of hydrogen-bond donors (Lipinski definition) is 0. The number of hydrogen-bond acceptors (Lipinski definition) is 3. The Kier molecular flexibility index (Phi) is 3.91. The van der Waals surface area contributed by atoms with Gasteiger partial charge in [-0.1, -0.05) is 24.3 Å². The van der Waals surface area contributed by atoms with Crippen LogP contribution in [0.15, 0.2) is 42.5 Å². The number of para-hydroxylation sites is 1. The van der Waals surface area contributed by atoms with Gasteiger partial charge in [0.05, 0.1) is 12.7 Å². The zero-order chi connectivity index (χ0) is 12.5. The SMILES string of the molecule is COC(=O)c1cccc2c1Cc1ccccc1O2.[Ni]. The van der Waals surface area contributed by atoms with E-state index >= 15 is 0 Å². The summed E-state index contributed by atoms with van der Waals surface area (Å²) in [7, 11) is 1.39. The zero-order valence-corrected chi connectivity index (χ0v) is 11.3. The summed E-state index contributed by atoms with van der Waals surface area (Å²) in [6.07, 6.45) is 0.691. The molecular weight excluding hydrogens is 287 g/mol. The average Bonchev–Trinajstić information content (AvgIpc) is 2.43. The van der Waals surface area contributed by atoms with E-state index in [0.717, 1.165) is 22.6 Å². The number of esters is 1. The van der Waals surface area contributed by atoms with Crippen molar-refractivity contribution < 1.29 is 30.8 Å². The van der Waals surface area contributed by atoms with Gasteiger partial charge in [0.15, 0.2) is 0 Å². The van der Waals surface area contributed by atoms with Crippen molar-refractivity contribution in [3.8, 4) is 11.5 Å². The van der Waals surface area contributed by atoms with E-state index in [9.17, 15) is 4.79 Å². The molecule has 0 atom stereocenters. The molecule has 3 nitrogen and oxygen atoms in total. The van der Waals surface area contributed by atoms with Crippen molar-refractivity contribution in [3.63, 3.8) is 0 Å². The first kappa shape index (κ1) is 13.6. The van der Waals surface area contributed by atoms with E-state index in [0.29, 0.717) is 12.0 Å². The maximum Gasteiger partial charge on any atom is 0.338 e. The van der Waals surface area contributed by atoms with E-state index in [4.69, 9.17) is 9.47 Å². The zero-order valence-electron chi connectivity index (χ0n) is 10.3. The average molecular weight is 299 g/mol. The van der Waals surface area contributed by atoms with Crippen LogP contribution in [0.2, 0.25) is 0 Å². The molecule has 2 aromatic rings. The molecule has 0 unspecified atom stereocenters. The van der Waals surface area contributed by atoms with Gasteiger partial charge < -0.3 is 9.47 Å². The standard InChI is InChI=1S/C15H12O3.Ni/c1-17-15(16)11-6-4-8-14-12(11)9-10-5-2-3-7-13(10)18-14;/h2-8H,9H2,1H3;. The van der Waals surface area contributed by atoms with Crippen molar-refractivity contribution in [3.05, 3.63) is 59.2 Å². The van der Waals surface area contributed by atoms with Crippen LogP contribution in [0, 0.1) is 0 Å². The van der Waals surface area contributed by atoms with Gasteiger partial charge in [0.1, 0.15) is 11.5 Å². The first-order chi connectivity index (χ1) is 8.79. The monoisotopic (exact) mass is 298 g/mol. The molecule has 0 bridgehead atoms. The largest absolute Gasteiger partial charge is 0.465 e. The molecule has 0 amide bonds. The first-order valence-electron chi connectivity index (χ1n) is 5.75. The van der Waals surface area contributed by atoms with Crippen LogP contribution in [0.4, 0.5) is 0 Å². The van der Waals surface area contributed by atoms with Crippen molar-refractivity contribution in [2.24, 2.45) is 0 Å². The quantitative estimate of drug-likeness (QED) is 0.511. The number of carbonyl (C=O) groups excluding carboxylic acids is 1. The second kappa shape index (κ2) is 5.45. The van der Waals surface area contributed by atoms with Crippen LogP contribution in [0.1, 0.15) is 21.5 Å². The van der Waals surface area contributed by atoms with Crippen LogP contribution < -0.4 is 4.74 Å². The van der Waals surface area contributed by atoms with E-state index in [1.807, 2.05) is 30.3 Å². The van der Waals surface area contributed by atoms with E-state index in [1.165, 1.54) is 7.11 Å². The molecule has 3 rings (SSSR count). The Balaban J connectivity index is 0.00000133. The maximum absolute atomic E-state index is 11.7. The van der Waals surface area contributed by atoms with Crippen LogP contribution in [0.5, 0.6) is 11.5 Å². The van der Waals surface area contributed by atoms with E-state index in [-0.39, 0.29) is 22.5 Å². The molecular formula is C15H12NiO3. The molecule has 0 aliphatic carbocycles. The third-order valence-electron chi connectivity index (χ3n) is 3.10. The Morgan fingerprint density at radius 3 is 2.63 bits per heavy atom. The summed E-state index contributed by atoms with van der Waals surface area (Å²) in [5.74, 6) is 1.26. The Hall–Kier alpha value is -1.80. The van der Waals surface area contributed by atoms with E-state index < -0.39 is 0 Å². The minimum atomic E-state index is -0.324. The van der Waals surface area contributed by atoms with Gasteiger partial charge in [0.25, 0.3) is 0 Å². The van der Waals surface area contributed by atoms with Crippen LogP contribution in [-0.2, 0) is 27.6 Å². The molecule has 0 spiro atoms. The third kappa shape index (κ3) is 2.36. The summed E-state index contributed by atoms with van der Waals surface area (Å²) in [5, 5.41) is 0. The Bertz CT molecular complexity index is 623. The number of benzene rings is 2. The number of rotatable bonds is 1. The molecule has 1 aliphatic heterocycles. The molecule has 100 valence electrons. The number of methoxy groups -OCH3 is 1. The van der Waals surface area contributed by atoms with Crippen LogP contribution in [0.3, 0.4) is 0 Å². The van der Waals surface area contributed by atoms with Crippen molar-refractivity contribution in [1.29, 1.82) is 0 Å². The summed E-state index contributed by atoms with van der Waals surface area (Å²) in [6.45, 7) is 0. The van der Waals surface area contributed by atoms with Gasteiger partial charge in [-0.2, -0.15) is 0 Å². The van der Waals surface area contributed by atoms with E-state index in [1.54, 1.807) is 12.1 Å². The summed E-state index contributed by atoms with van der Waals surface area (Å²) in [5.41, 5.74) is 2.55. The van der Waals surface area contributed by atoms with Crippen molar-refractivity contribution in [2.45, 2.75) is 6.42 Å². The molecule has 1 heterocycles. The molecule has 0 N–H and O–H groups in total. The van der Waals surface area contributed by atoms with E-state index in [2.05, 4.69) is 0 Å². The summed E-state index contributed by atoms with van der Waals surface area (Å²) < 4.78 is 10.6. The minimum Gasteiger partial charge on any atom is -0.465 e. The molecule has 0 saturated carbocycles. The van der Waals surface area contributed by atoms with Crippen LogP contribution in [-0.4, -0.2) is 13.1 Å². The van der Waals surface area contributed by atoms with Crippen molar-refractivity contribution in [2.75, 3.05) is 7.11 Å². The van der Waals surface area contributed by atoms with Gasteiger partial charge in [-0.05, 0) is 23.8 Å². The van der Waals surface area contributed by atoms with Gasteiger partial charge >= 0.3 is 5.97 Å². The molecule has 0 aromatic heterocycles. The molecule has 0 fully saturated rings.